The van der Waals surface area contributed by atoms with Crippen molar-refractivity contribution in [3.63, 3.8) is 0 Å². The molecule has 0 amide bonds. The van der Waals surface area contributed by atoms with Crippen LogP contribution in [0.2, 0.25) is 6.32 Å². The normalized spacial score (nSPS) is 18.3. The third kappa shape index (κ3) is 6.22. The molecule has 0 aromatic carbocycles. The maximum absolute atomic E-state index is 11.5. The van der Waals surface area contributed by atoms with Crippen LogP contribution in [0.25, 0.3) is 0 Å². The zero-order valence-corrected chi connectivity index (χ0v) is 9.24. The number of hydrogen-bond acceptors (Lipinski definition) is 0. The molecule has 0 spiro atoms. The quantitative estimate of drug-likeness (QED) is 0.515. The van der Waals surface area contributed by atoms with Crippen LogP contribution in [0, 0.1) is 5.92 Å². The standard InChI is InChI=1S/C5H9BF3.K/c7-6(8,9)4-3-5-1-2-5;/h5H,1-4H2;/q-1;+1. The van der Waals surface area contributed by atoms with Crippen molar-refractivity contribution >= 4 is 6.98 Å². The summed E-state index contributed by atoms with van der Waals surface area (Å²) >= 11 is 0. The summed E-state index contributed by atoms with van der Waals surface area (Å²) in [6.45, 7) is -4.49. The molecule has 0 N–H and O–H groups in total. The maximum Gasteiger partial charge on any atom is 1.00 e. The molecule has 10 heavy (non-hydrogen) atoms. The molecule has 0 aliphatic heterocycles. The van der Waals surface area contributed by atoms with Crippen LogP contribution in [0.1, 0.15) is 19.3 Å². The van der Waals surface area contributed by atoms with E-state index in [1.807, 2.05) is 0 Å². The third-order valence-electron chi connectivity index (χ3n) is 1.60. The van der Waals surface area contributed by atoms with E-state index in [4.69, 9.17) is 0 Å². The third-order valence-corrected chi connectivity index (χ3v) is 1.60. The zero-order chi connectivity index (χ0) is 6.91. The van der Waals surface area contributed by atoms with E-state index in [9.17, 15) is 12.9 Å². The predicted octanol–water partition coefficient (Wildman–Crippen LogP) is -0.362. The minimum atomic E-state index is -4.49. The van der Waals surface area contributed by atoms with E-state index in [1.54, 1.807) is 0 Å². The van der Waals surface area contributed by atoms with Crippen LogP contribution in [0.5, 0.6) is 0 Å². The first-order valence-corrected chi connectivity index (χ1v) is 3.29. The summed E-state index contributed by atoms with van der Waals surface area (Å²) in [4.78, 5) is 0. The Bertz CT molecular complexity index is 99.6. The molecule has 1 rings (SSSR count). The molecule has 0 aromatic rings. The van der Waals surface area contributed by atoms with Crippen LogP contribution in [-0.2, 0) is 0 Å². The smallest absolute Gasteiger partial charge is 0.449 e. The van der Waals surface area contributed by atoms with Crippen molar-refractivity contribution in [1.82, 2.24) is 0 Å². The van der Waals surface area contributed by atoms with Crippen molar-refractivity contribution in [3.8, 4) is 0 Å². The Balaban J connectivity index is 0.000000810. The van der Waals surface area contributed by atoms with Crippen molar-refractivity contribution in [1.29, 1.82) is 0 Å². The van der Waals surface area contributed by atoms with Crippen molar-refractivity contribution < 1.29 is 64.3 Å². The van der Waals surface area contributed by atoms with Crippen LogP contribution >= 0.6 is 0 Å². The minimum absolute atomic E-state index is 0. The summed E-state index contributed by atoms with van der Waals surface area (Å²) in [5.74, 6) is 0.411. The molecule has 54 valence electrons. The Morgan fingerprint density at radius 1 is 1.20 bits per heavy atom. The summed E-state index contributed by atoms with van der Waals surface area (Å²) < 4.78 is 34.5. The van der Waals surface area contributed by atoms with Gasteiger partial charge in [0.15, 0.2) is 0 Å². The topological polar surface area (TPSA) is 0 Å². The monoisotopic (exact) mass is 176 g/mol. The molecule has 0 bridgehead atoms. The van der Waals surface area contributed by atoms with Gasteiger partial charge in [0, 0.05) is 0 Å². The van der Waals surface area contributed by atoms with Gasteiger partial charge >= 0.3 is 58.4 Å². The van der Waals surface area contributed by atoms with Gasteiger partial charge < -0.3 is 12.9 Å². The molecule has 1 saturated carbocycles. The van der Waals surface area contributed by atoms with Crippen LogP contribution in [0.15, 0.2) is 0 Å². The van der Waals surface area contributed by atoms with Crippen molar-refractivity contribution in [2.24, 2.45) is 5.92 Å². The summed E-state index contributed by atoms with van der Waals surface area (Å²) in [6, 6.07) is 0. The summed E-state index contributed by atoms with van der Waals surface area (Å²) in [5.41, 5.74) is 0. The fraction of sp³-hybridized carbons (Fsp3) is 1.00. The van der Waals surface area contributed by atoms with Gasteiger partial charge in [-0.2, -0.15) is 0 Å². The summed E-state index contributed by atoms with van der Waals surface area (Å²) in [6.07, 6.45) is 1.90. The Labute approximate surface area is 101 Å². The van der Waals surface area contributed by atoms with E-state index >= 15 is 0 Å². The SMILES string of the molecule is F[B-](F)(F)CCC1CC1.[K+]. The van der Waals surface area contributed by atoms with Gasteiger partial charge in [0.1, 0.15) is 0 Å². The van der Waals surface area contributed by atoms with E-state index in [0.717, 1.165) is 12.8 Å². The molecule has 5 heteroatoms. The van der Waals surface area contributed by atoms with Gasteiger partial charge in [0.25, 0.3) is 0 Å². The summed E-state index contributed by atoms with van der Waals surface area (Å²) in [7, 11) is 0. The first-order chi connectivity index (χ1) is 4.08. The average molecular weight is 176 g/mol. The van der Waals surface area contributed by atoms with Crippen molar-refractivity contribution in [3.05, 3.63) is 0 Å². The molecular weight excluding hydrogens is 167 g/mol. The molecule has 1 fully saturated rings. The Kier molecular flexibility index (Phi) is 5.17. The number of hydrogen-bond donors (Lipinski definition) is 0. The van der Waals surface area contributed by atoms with Gasteiger partial charge in [-0.15, -0.1) is 0 Å². The molecule has 0 heterocycles. The molecule has 0 radical (unpaired) electrons. The van der Waals surface area contributed by atoms with Gasteiger partial charge in [0.2, 0.25) is 0 Å². The largest absolute Gasteiger partial charge is 1.00 e. The minimum Gasteiger partial charge on any atom is -0.449 e. The van der Waals surface area contributed by atoms with Crippen LogP contribution < -0.4 is 51.4 Å². The molecule has 1 aliphatic carbocycles. The Morgan fingerprint density at radius 3 is 2.00 bits per heavy atom. The second-order valence-electron chi connectivity index (χ2n) is 2.73. The van der Waals surface area contributed by atoms with E-state index < -0.39 is 13.3 Å². The van der Waals surface area contributed by atoms with Gasteiger partial charge in [-0.3, -0.25) is 0 Å². The van der Waals surface area contributed by atoms with Gasteiger partial charge in [-0.05, 0) is 5.92 Å². The molecule has 0 atom stereocenters. The van der Waals surface area contributed by atoms with Crippen LogP contribution in [0.4, 0.5) is 12.9 Å². The predicted molar refractivity (Wildman–Crippen MR) is 31.2 cm³/mol. The summed E-state index contributed by atoms with van der Waals surface area (Å²) in [5, 5.41) is 0. The van der Waals surface area contributed by atoms with Gasteiger partial charge in [-0.25, -0.2) is 0 Å². The van der Waals surface area contributed by atoms with Crippen molar-refractivity contribution in [2.45, 2.75) is 25.6 Å². The average Bonchev–Trinajstić information content (AvgIpc) is 2.38. The second kappa shape index (κ2) is 4.50. The molecular formula is C5H9BF3K. The van der Waals surface area contributed by atoms with E-state index in [-0.39, 0.29) is 51.4 Å². The maximum atomic E-state index is 11.5. The second-order valence-corrected chi connectivity index (χ2v) is 2.73. The van der Waals surface area contributed by atoms with Crippen LogP contribution in [0.3, 0.4) is 0 Å². The Morgan fingerprint density at radius 2 is 1.70 bits per heavy atom. The number of halogens is 3. The molecule has 0 nitrogen and oxygen atoms in total. The molecule has 0 saturated heterocycles. The van der Waals surface area contributed by atoms with E-state index in [0.29, 0.717) is 12.3 Å². The molecule has 0 unspecified atom stereocenters. The zero-order valence-electron chi connectivity index (χ0n) is 6.12. The molecule has 0 aromatic heterocycles. The van der Waals surface area contributed by atoms with Gasteiger partial charge in [-0.1, -0.05) is 25.6 Å². The number of rotatable bonds is 3. The van der Waals surface area contributed by atoms with Crippen molar-refractivity contribution in [2.75, 3.05) is 0 Å². The molecule has 1 aliphatic rings. The first kappa shape index (κ1) is 11.5. The van der Waals surface area contributed by atoms with E-state index in [2.05, 4.69) is 0 Å². The van der Waals surface area contributed by atoms with Gasteiger partial charge in [0.05, 0.1) is 0 Å². The fourth-order valence-corrected chi connectivity index (χ4v) is 0.831. The Hall–Kier alpha value is 1.49. The van der Waals surface area contributed by atoms with E-state index in [1.165, 1.54) is 0 Å². The first-order valence-electron chi connectivity index (χ1n) is 3.29. The fourth-order valence-electron chi connectivity index (χ4n) is 0.831. The van der Waals surface area contributed by atoms with Crippen LogP contribution in [-0.4, -0.2) is 6.98 Å².